The third-order valence-corrected chi connectivity index (χ3v) is 7.95. The average Bonchev–Trinajstić information content (AvgIpc) is 3.36. The second-order valence-electron chi connectivity index (χ2n) is 11.0. The normalized spacial score (nSPS) is 19.6. The van der Waals surface area contributed by atoms with E-state index in [9.17, 15) is 14.4 Å². The Morgan fingerprint density at radius 3 is 2.63 bits per heavy atom. The predicted octanol–water partition coefficient (Wildman–Crippen LogP) is 5.36. The van der Waals surface area contributed by atoms with E-state index in [-0.39, 0.29) is 17.9 Å². The van der Waals surface area contributed by atoms with Crippen LogP contribution in [-0.2, 0) is 16.8 Å². The van der Waals surface area contributed by atoms with Crippen molar-refractivity contribution >= 4 is 34.4 Å². The van der Waals surface area contributed by atoms with Gasteiger partial charge in [0.05, 0.1) is 24.1 Å². The van der Waals surface area contributed by atoms with Crippen LogP contribution in [0.25, 0.3) is 10.9 Å². The van der Waals surface area contributed by atoms with Gasteiger partial charge in [-0.1, -0.05) is 38.8 Å². The van der Waals surface area contributed by atoms with E-state index in [2.05, 4.69) is 24.1 Å². The number of benzene rings is 2. The summed E-state index contributed by atoms with van der Waals surface area (Å²) in [7, 11) is 1.63. The fraction of sp³-hybridized carbons (Fsp3) is 0.433. The van der Waals surface area contributed by atoms with E-state index in [1.54, 1.807) is 43.2 Å². The summed E-state index contributed by atoms with van der Waals surface area (Å²) in [5, 5.41) is 4.05. The number of methoxy groups -OCH3 is 1. The summed E-state index contributed by atoms with van der Waals surface area (Å²) in [6.07, 6.45) is 3.61. The number of nitrogens with one attached hydrogen (secondary N) is 2. The molecule has 8 nitrogen and oxygen atoms in total. The Morgan fingerprint density at radius 1 is 1.13 bits per heavy atom. The van der Waals surface area contributed by atoms with Crippen LogP contribution in [0.1, 0.15) is 68.6 Å². The average molecular weight is 517 g/mol. The van der Waals surface area contributed by atoms with Gasteiger partial charge in [0.25, 0.3) is 11.8 Å². The minimum atomic E-state index is -1.20. The highest BCUT2D eigenvalue weighted by Crippen LogP contribution is 2.46. The Balaban J connectivity index is 1.47. The number of H-pyrrole nitrogens is 1. The maximum Gasteiger partial charge on any atom is 0.332 e. The minimum absolute atomic E-state index is 0.0194. The Morgan fingerprint density at radius 2 is 1.89 bits per heavy atom. The molecule has 0 bridgehead atoms. The lowest BCUT2D eigenvalue weighted by Gasteiger charge is -2.35. The molecule has 2 aliphatic heterocycles. The molecule has 3 heterocycles. The van der Waals surface area contributed by atoms with Gasteiger partial charge in [0.15, 0.2) is 5.54 Å². The predicted molar refractivity (Wildman–Crippen MR) is 148 cm³/mol. The summed E-state index contributed by atoms with van der Waals surface area (Å²) >= 11 is 0. The fourth-order valence-electron chi connectivity index (χ4n) is 5.82. The first-order valence-electron chi connectivity index (χ1n) is 13.4. The van der Waals surface area contributed by atoms with Crippen LogP contribution >= 0.6 is 0 Å². The second kappa shape index (κ2) is 9.82. The van der Waals surface area contributed by atoms with Gasteiger partial charge in [-0.25, -0.2) is 9.69 Å². The second-order valence-corrected chi connectivity index (χ2v) is 11.0. The number of anilines is 1. The maximum absolute atomic E-state index is 14.1. The fourth-order valence-corrected chi connectivity index (χ4v) is 5.82. The van der Waals surface area contributed by atoms with Gasteiger partial charge in [0, 0.05) is 23.5 Å². The number of carbonyl (C=O) groups is 3. The van der Waals surface area contributed by atoms with Gasteiger partial charge in [-0.2, -0.15) is 0 Å². The number of fused-ring (bicyclic) bond motifs is 5. The summed E-state index contributed by atoms with van der Waals surface area (Å²) in [6, 6.07) is 12.2. The number of imide groups is 1. The zero-order valence-electron chi connectivity index (χ0n) is 22.8. The first-order valence-corrected chi connectivity index (χ1v) is 13.4. The van der Waals surface area contributed by atoms with Crippen molar-refractivity contribution < 1.29 is 19.1 Å². The summed E-state index contributed by atoms with van der Waals surface area (Å²) in [5.74, 6) is 0.699. The molecule has 38 heavy (non-hydrogen) atoms. The van der Waals surface area contributed by atoms with Crippen LogP contribution in [0.5, 0.6) is 5.75 Å². The van der Waals surface area contributed by atoms with Crippen LogP contribution in [0.2, 0.25) is 0 Å². The number of ether oxygens (including phenoxy) is 1. The lowest BCUT2D eigenvalue weighted by Crippen LogP contribution is -2.49. The van der Waals surface area contributed by atoms with Crippen molar-refractivity contribution in [3.8, 4) is 5.75 Å². The number of hydrogen-bond acceptors (Lipinski definition) is 4. The molecule has 2 N–H and O–H groups in total. The van der Waals surface area contributed by atoms with Crippen molar-refractivity contribution in [2.75, 3.05) is 18.6 Å². The maximum atomic E-state index is 14.1. The first-order chi connectivity index (χ1) is 18.2. The third kappa shape index (κ3) is 4.12. The van der Waals surface area contributed by atoms with Gasteiger partial charge in [-0.15, -0.1) is 0 Å². The van der Waals surface area contributed by atoms with Gasteiger partial charge in [-0.3, -0.25) is 9.59 Å². The summed E-state index contributed by atoms with van der Waals surface area (Å²) in [6.45, 7) is 8.55. The van der Waals surface area contributed by atoms with Crippen LogP contribution in [0.15, 0.2) is 42.5 Å². The molecule has 2 atom stereocenters. The molecule has 0 saturated carbocycles. The number of hydrogen-bond donors (Lipinski definition) is 2. The molecule has 5 rings (SSSR count). The Hall–Kier alpha value is -3.81. The van der Waals surface area contributed by atoms with Crippen LogP contribution in [-0.4, -0.2) is 47.4 Å². The minimum Gasteiger partial charge on any atom is -0.497 e. The van der Waals surface area contributed by atoms with Crippen molar-refractivity contribution in [3.05, 3.63) is 59.3 Å². The lowest BCUT2D eigenvalue weighted by atomic mass is 9.87. The van der Waals surface area contributed by atoms with E-state index in [1.165, 1.54) is 4.90 Å². The Labute approximate surface area is 223 Å². The zero-order chi connectivity index (χ0) is 27.2. The number of para-hydroxylation sites is 1. The zero-order valence-corrected chi connectivity index (χ0v) is 22.8. The van der Waals surface area contributed by atoms with E-state index in [1.807, 2.05) is 25.1 Å². The molecule has 200 valence electrons. The summed E-state index contributed by atoms with van der Waals surface area (Å²) in [4.78, 5) is 47.4. The molecule has 2 aromatic carbocycles. The van der Waals surface area contributed by atoms with Crippen LogP contribution in [0.4, 0.5) is 10.5 Å². The number of nitrogens with zero attached hydrogens (tertiary/aromatic N) is 2. The van der Waals surface area contributed by atoms with Crippen molar-refractivity contribution in [2.24, 2.45) is 5.92 Å². The monoisotopic (exact) mass is 516 g/mol. The molecule has 8 heteroatoms. The standard InChI is InChI=1S/C30H36N4O4/c1-18(2)9-8-10-19(3)31-27(35)22-11-6-7-12-25(22)34-28(36)30(4)26-21(15-16-33(30)29(34)37)23-17-20(38-5)13-14-24(23)32-26/h6-7,11-14,17-19,32H,8-10,15-16H2,1-5H3,(H,31,35)/t19?,30-/m0/s1. The van der Waals surface area contributed by atoms with Crippen LogP contribution in [0.3, 0.4) is 0 Å². The van der Waals surface area contributed by atoms with Gasteiger partial charge >= 0.3 is 6.03 Å². The molecule has 4 amide bonds. The molecule has 2 aliphatic rings. The largest absolute Gasteiger partial charge is 0.497 e. The number of aromatic nitrogens is 1. The number of aromatic amines is 1. The van der Waals surface area contributed by atoms with Crippen molar-refractivity contribution in [1.82, 2.24) is 15.2 Å². The summed E-state index contributed by atoms with van der Waals surface area (Å²) in [5.41, 5.74) is 2.04. The first kappa shape index (κ1) is 25.8. The molecular formula is C30H36N4O4. The van der Waals surface area contributed by atoms with E-state index in [4.69, 9.17) is 4.74 Å². The van der Waals surface area contributed by atoms with E-state index in [0.29, 0.717) is 35.8 Å². The topological polar surface area (TPSA) is 94.7 Å². The van der Waals surface area contributed by atoms with Crippen LogP contribution in [0, 0.1) is 5.92 Å². The quantitative estimate of drug-likeness (QED) is 0.394. The van der Waals surface area contributed by atoms with Gasteiger partial charge in [-0.05, 0) is 68.5 Å². The molecule has 0 aliphatic carbocycles. The SMILES string of the molecule is COc1ccc2[nH]c3c(c2c1)CCN1C(=O)N(c2ccccc2C(=O)NC(C)CCCC(C)C)C(=O)[C@]31C. The highest BCUT2D eigenvalue weighted by Gasteiger charge is 2.59. The van der Waals surface area contributed by atoms with Crippen molar-refractivity contribution in [3.63, 3.8) is 0 Å². The number of amides is 4. The molecule has 1 fully saturated rings. The van der Waals surface area contributed by atoms with E-state index < -0.39 is 11.6 Å². The van der Waals surface area contributed by atoms with Gasteiger partial charge in [0.2, 0.25) is 0 Å². The highest BCUT2D eigenvalue weighted by atomic mass is 16.5. The van der Waals surface area contributed by atoms with E-state index >= 15 is 0 Å². The molecule has 0 radical (unpaired) electrons. The Kier molecular flexibility index (Phi) is 6.67. The van der Waals surface area contributed by atoms with Gasteiger partial charge in [0.1, 0.15) is 5.75 Å². The van der Waals surface area contributed by atoms with Crippen LogP contribution < -0.4 is 15.0 Å². The number of carbonyl (C=O) groups excluding carboxylic acids is 3. The number of urea groups is 1. The molecular weight excluding hydrogens is 480 g/mol. The number of rotatable bonds is 8. The molecule has 1 aromatic heterocycles. The lowest BCUT2D eigenvalue weighted by molar-refractivity contribution is -0.125. The molecule has 0 spiro atoms. The summed E-state index contributed by atoms with van der Waals surface area (Å²) < 4.78 is 5.41. The smallest absolute Gasteiger partial charge is 0.332 e. The molecule has 3 aromatic rings. The molecule has 1 unspecified atom stereocenters. The van der Waals surface area contributed by atoms with Crippen molar-refractivity contribution in [2.45, 2.75) is 65.0 Å². The van der Waals surface area contributed by atoms with Gasteiger partial charge < -0.3 is 19.9 Å². The highest BCUT2D eigenvalue weighted by molar-refractivity contribution is 6.25. The van der Waals surface area contributed by atoms with Crippen molar-refractivity contribution in [1.29, 1.82) is 0 Å². The van der Waals surface area contributed by atoms with E-state index in [0.717, 1.165) is 41.5 Å². The third-order valence-electron chi connectivity index (χ3n) is 7.95. The Bertz CT molecular complexity index is 1410. The molecule has 1 saturated heterocycles.